The monoisotopic (exact) mass is 297 g/mol. The first kappa shape index (κ1) is 12.5. The Kier molecular flexibility index (Phi) is 2.75. The van der Waals surface area contributed by atoms with E-state index >= 15 is 0 Å². The van der Waals surface area contributed by atoms with Crippen LogP contribution < -0.4 is 5.73 Å². The molecule has 3 heterocycles. The quantitative estimate of drug-likeness (QED) is 0.756. The van der Waals surface area contributed by atoms with Gasteiger partial charge in [-0.25, -0.2) is 4.98 Å². The number of likely N-dealkylation sites (N-methyl/N-ethyl adjacent to an activating group) is 1. The second-order valence-electron chi connectivity index (χ2n) is 5.37. The Balaban J connectivity index is 2.30. The van der Waals surface area contributed by atoms with Gasteiger partial charge in [0.1, 0.15) is 4.83 Å². The number of rotatable bonds is 0. The molecule has 18 heavy (non-hydrogen) atoms. The van der Waals surface area contributed by atoms with Crippen LogP contribution in [0.4, 0.5) is 5.00 Å². The van der Waals surface area contributed by atoms with Crippen molar-refractivity contribution < 1.29 is 0 Å². The number of nitrogen functional groups attached to an aromatic ring is 1. The summed E-state index contributed by atoms with van der Waals surface area (Å²) in [6.45, 7) is 5.52. The molecule has 0 atom stereocenters. The first-order valence-electron chi connectivity index (χ1n) is 5.80. The Morgan fingerprint density at radius 3 is 2.83 bits per heavy atom. The summed E-state index contributed by atoms with van der Waals surface area (Å²) in [5, 5.41) is 1.97. The lowest BCUT2D eigenvalue weighted by Crippen LogP contribution is -2.45. The van der Waals surface area contributed by atoms with Gasteiger partial charge in [0.05, 0.1) is 5.00 Å². The van der Waals surface area contributed by atoms with Crippen LogP contribution >= 0.6 is 34.9 Å². The van der Waals surface area contributed by atoms with Crippen LogP contribution in [0.5, 0.6) is 0 Å². The zero-order valence-corrected chi connectivity index (χ0v) is 13.1. The van der Waals surface area contributed by atoms with Crippen molar-refractivity contribution in [3.8, 4) is 0 Å². The molecule has 96 valence electrons. The highest BCUT2D eigenvalue weighted by atomic mass is 32.1. The van der Waals surface area contributed by atoms with E-state index in [2.05, 4.69) is 30.8 Å². The highest BCUT2D eigenvalue weighted by Crippen LogP contribution is 2.42. The number of anilines is 1. The van der Waals surface area contributed by atoms with Crippen LogP contribution in [0.1, 0.15) is 24.3 Å². The van der Waals surface area contributed by atoms with Crippen LogP contribution in [-0.2, 0) is 13.0 Å². The van der Waals surface area contributed by atoms with Crippen LogP contribution in [-0.4, -0.2) is 22.5 Å². The van der Waals surface area contributed by atoms with Gasteiger partial charge in [0.25, 0.3) is 0 Å². The van der Waals surface area contributed by atoms with Crippen LogP contribution in [0.3, 0.4) is 0 Å². The largest absolute Gasteiger partial charge is 0.390 e. The average Bonchev–Trinajstić information content (AvgIpc) is 2.55. The molecule has 3 nitrogen and oxygen atoms in total. The number of nitrogens with two attached hydrogens (primary N) is 1. The molecule has 2 N–H and O–H groups in total. The first-order valence-corrected chi connectivity index (χ1v) is 7.85. The summed E-state index contributed by atoms with van der Waals surface area (Å²) in [5.74, 6) is 0. The predicted octanol–water partition coefficient (Wildman–Crippen LogP) is 3.44. The lowest BCUT2D eigenvalue weighted by Gasteiger charge is -2.39. The highest BCUT2D eigenvalue weighted by Gasteiger charge is 2.33. The maximum atomic E-state index is 6.15. The molecule has 3 rings (SSSR count). The van der Waals surface area contributed by atoms with E-state index in [1.54, 1.807) is 11.3 Å². The van der Waals surface area contributed by atoms with Crippen molar-refractivity contribution in [3.63, 3.8) is 0 Å². The fraction of sp³-hybridized carbons (Fsp3) is 0.500. The fourth-order valence-electron chi connectivity index (χ4n) is 2.39. The van der Waals surface area contributed by atoms with E-state index in [0.717, 1.165) is 28.2 Å². The molecular formula is C12H15N3S3. The summed E-state index contributed by atoms with van der Waals surface area (Å²) in [4.78, 5) is 9.25. The second kappa shape index (κ2) is 3.96. The minimum absolute atomic E-state index is 0.171. The Morgan fingerprint density at radius 2 is 2.11 bits per heavy atom. The van der Waals surface area contributed by atoms with Gasteiger partial charge in [-0.05, 0) is 45.1 Å². The van der Waals surface area contributed by atoms with Gasteiger partial charge in [0, 0.05) is 22.3 Å². The third kappa shape index (κ3) is 1.79. The van der Waals surface area contributed by atoms with Crippen molar-refractivity contribution in [1.82, 2.24) is 9.88 Å². The molecule has 0 amide bonds. The average molecular weight is 297 g/mol. The minimum Gasteiger partial charge on any atom is -0.390 e. The zero-order chi connectivity index (χ0) is 13.1. The molecule has 0 radical (unpaired) electrons. The van der Waals surface area contributed by atoms with E-state index in [4.69, 9.17) is 18.0 Å². The van der Waals surface area contributed by atoms with Gasteiger partial charge in [0.15, 0.2) is 3.95 Å². The number of hydrogen-bond donors (Lipinski definition) is 1. The maximum absolute atomic E-state index is 6.15. The molecule has 1 aliphatic heterocycles. The van der Waals surface area contributed by atoms with E-state index in [-0.39, 0.29) is 5.54 Å². The SMILES string of the molecule is CN1Cc2sc3nc(=S)sc(N)c3c2CC1(C)C. The Bertz CT molecular complexity index is 684. The van der Waals surface area contributed by atoms with Crippen LogP contribution in [0, 0.1) is 3.95 Å². The number of hydrogen-bond acceptors (Lipinski definition) is 6. The smallest absolute Gasteiger partial charge is 0.183 e. The maximum Gasteiger partial charge on any atom is 0.183 e. The Labute approximate surface area is 119 Å². The van der Waals surface area contributed by atoms with Gasteiger partial charge in [0.2, 0.25) is 0 Å². The molecule has 0 saturated heterocycles. The topological polar surface area (TPSA) is 42.2 Å². The van der Waals surface area contributed by atoms with Crippen molar-refractivity contribution >= 4 is 50.1 Å². The first-order chi connectivity index (χ1) is 8.38. The molecule has 0 aromatic carbocycles. The molecule has 2 aromatic rings. The summed E-state index contributed by atoms with van der Waals surface area (Å²) in [5.41, 5.74) is 7.71. The van der Waals surface area contributed by atoms with Gasteiger partial charge < -0.3 is 5.73 Å². The third-order valence-corrected chi connectivity index (χ3v) is 5.87. The van der Waals surface area contributed by atoms with Crippen molar-refractivity contribution in [2.75, 3.05) is 12.8 Å². The predicted molar refractivity (Wildman–Crippen MR) is 82.0 cm³/mol. The van der Waals surface area contributed by atoms with Crippen molar-refractivity contribution in [3.05, 3.63) is 14.4 Å². The summed E-state index contributed by atoms with van der Waals surface area (Å²) in [6.07, 6.45) is 1.02. The molecule has 0 spiro atoms. The summed E-state index contributed by atoms with van der Waals surface area (Å²) in [7, 11) is 2.17. The lowest BCUT2D eigenvalue weighted by atomic mass is 9.88. The van der Waals surface area contributed by atoms with E-state index in [1.165, 1.54) is 21.8 Å². The second-order valence-corrected chi connectivity index (χ2v) is 8.13. The standard InChI is InChI=1S/C12H15N3S3/c1-12(2)4-6-7(5-15(12)3)17-10-8(6)9(13)18-11(16)14-10/h4-5,13H2,1-3H3. The Morgan fingerprint density at radius 1 is 1.39 bits per heavy atom. The molecule has 0 bridgehead atoms. The molecule has 1 aliphatic rings. The van der Waals surface area contributed by atoms with E-state index in [1.807, 2.05) is 0 Å². The molecule has 6 heteroatoms. The van der Waals surface area contributed by atoms with Crippen molar-refractivity contribution in [1.29, 1.82) is 0 Å². The molecule has 0 unspecified atom stereocenters. The molecule has 0 aliphatic carbocycles. The number of nitrogens with zero attached hydrogens (tertiary/aromatic N) is 2. The van der Waals surface area contributed by atoms with E-state index in [0.29, 0.717) is 3.95 Å². The Hall–Kier alpha value is -0.560. The molecular weight excluding hydrogens is 282 g/mol. The molecule has 2 aromatic heterocycles. The highest BCUT2D eigenvalue weighted by molar-refractivity contribution is 7.73. The van der Waals surface area contributed by atoms with Gasteiger partial charge in [-0.2, -0.15) is 0 Å². The number of thiophene rings is 1. The minimum atomic E-state index is 0.171. The van der Waals surface area contributed by atoms with Gasteiger partial charge >= 0.3 is 0 Å². The summed E-state index contributed by atoms with van der Waals surface area (Å²) >= 11 is 8.31. The van der Waals surface area contributed by atoms with Gasteiger partial charge in [-0.15, -0.1) is 11.3 Å². The van der Waals surface area contributed by atoms with Crippen molar-refractivity contribution in [2.24, 2.45) is 0 Å². The van der Waals surface area contributed by atoms with Crippen LogP contribution in [0.2, 0.25) is 0 Å². The molecule has 0 fully saturated rings. The van der Waals surface area contributed by atoms with Gasteiger partial charge in [-0.3, -0.25) is 4.90 Å². The fourth-order valence-corrected chi connectivity index (χ4v) is 4.84. The van der Waals surface area contributed by atoms with E-state index < -0.39 is 0 Å². The summed E-state index contributed by atoms with van der Waals surface area (Å²) in [6, 6.07) is 0. The number of aromatic nitrogens is 1. The van der Waals surface area contributed by atoms with Crippen LogP contribution in [0.25, 0.3) is 10.2 Å². The van der Waals surface area contributed by atoms with E-state index in [9.17, 15) is 0 Å². The van der Waals surface area contributed by atoms with Gasteiger partial charge in [-0.1, -0.05) is 11.3 Å². The normalized spacial score (nSPS) is 19.1. The van der Waals surface area contributed by atoms with Crippen LogP contribution in [0.15, 0.2) is 0 Å². The number of fused-ring (bicyclic) bond motifs is 3. The summed E-state index contributed by atoms with van der Waals surface area (Å²) < 4.78 is 0.631. The third-order valence-electron chi connectivity index (χ3n) is 3.73. The molecule has 0 saturated carbocycles. The zero-order valence-electron chi connectivity index (χ0n) is 10.6. The van der Waals surface area contributed by atoms with Crippen molar-refractivity contribution in [2.45, 2.75) is 32.4 Å². The lowest BCUT2D eigenvalue weighted by molar-refractivity contribution is 0.136.